The van der Waals surface area contributed by atoms with E-state index in [2.05, 4.69) is 52.1 Å². The molecule has 0 aliphatic heterocycles. The van der Waals surface area contributed by atoms with Crippen LogP contribution < -0.4 is 10.2 Å². The van der Waals surface area contributed by atoms with E-state index >= 15 is 0 Å². The summed E-state index contributed by atoms with van der Waals surface area (Å²) in [5.41, 5.74) is 4.95. The van der Waals surface area contributed by atoms with Gasteiger partial charge in [0.1, 0.15) is 0 Å². The number of amides is 2. The van der Waals surface area contributed by atoms with Gasteiger partial charge in [-0.2, -0.15) is 0 Å². The molecule has 0 radical (unpaired) electrons. The Morgan fingerprint density at radius 2 is 1.58 bits per heavy atom. The number of nitrogens with zero attached hydrogens (tertiary/aromatic N) is 1. The highest BCUT2D eigenvalue weighted by atomic mass is 16.5. The molecule has 0 unspecified atom stereocenters. The zero-order valence-electron chi connectivity index (χ0n) is 21.0. The Kier molecular flexibility index (Phi) is 7.51. The van der Waals surface area contributed by atoms with Gasteiger partial charge in [-0.3, -0.25) is 4.90 Å². The summed E-state index contributed by atoms with van der Waals surface area (Å²) in [5.74, 6) is -0.386. The molecule has 0 fully saturated rings. The van der Waals surface area contributed by atoms with Crippen LogP contribution in [0.25, 0.3) is 0 Å². The van der Waals surface area contributed by atoms with Crippen LogP contribution in [0.4, 0.5) is 16.2 Å². The molecule has 0 spiro atoms. The third-order valence-corrected chi connectivity index (χ3v) is 6.93. The van der Waals surface area contributed by atoms with Gasteiger partial charge in [0.05, 0.1) is 12.7 Å². The highest BCUT2D eigenvalue weighted by Crippen LogP contribution is 2.46. The summed E-state index contributed by atoms with van der Waals surface area (Å²) in [6, 6.07) is 13.2. The third kappa shape index (κ3) is 5.58. The number of fused-ring (bicyclic) bond motifs is 1. The molecule has 0 atom stereocenters. The summed E-state index contributed by atoms with van der Waals surface area (Å²) in [5, 5.41) is 3.13. The van der Waals surface area contributed by atoms with E-state index in [1.165, 1.54) is 18.2 Å². The second kappa shape index (κ2) is 9.98. The van der Waals surface area contributed by atoms with Gasteiger partial charge in [-0.25, -0.2) is 9.59 Å². The fourth-order valence-electron chi connectivity index (χ4n) is 4.62. The van der Waals surface area contributed by atoms with E-state index in [4.69, 9.17) is 4.74 Å². The standard InChI is InChI=1S/C28H38N2O3/c1-7-8-9-18-30(22-13-10-20(11-14-22)25(31)33-6)26(32)29-21-12-15-23-24(19-21)28(4,5)17-16-27(23,2)3/h10-15,19H,7-9,16-18H2,1-6H3,(H,29,32). The van der Waals surface area contributed by atoms with Gasteiger partial charge in [0.15, 0.2) is 0 Å². The molecule has 0 saturated carbocycles. The Morgan fingerprint density at radius 3 is 2.18 bits per heavy atom. The summed E-state index contributed by atoms with van der Waals surface area (Å²) in [6.07, 6.45) is 5.32. The van der Waals surface area contributed by atoms with E-state index in [0.717, 1.165) is 43.5 Å². The first-order valence-corrected chi connectivity index (χ1v) is 12.0. The number of unbranched alkanes of at least 4 members (excludes halogenated alkanes) is 2. The highest BCUT2D eigenvalue weighted by Gasteiger charge is 2.37. The normalized spacial score (nSPS) is 15.9. The lowest BCUT2D eigenvalue weighted by Crippen LogP contribution is -2.36. The quantitative estimate of drug-likeness (QED) is 0.363. The maximum atomic E-state index is 13.4. The maximum absolute atomic E-state index is 13.4. The Labute approximate surface area is 198 Å². The molecular formula is C28H38N2O3. The van der Waals surface area contributed by atoms with E-state index in [0.29, 0.717) is 12.1 Å². The van der Waals surface area contributed by atoms with Gasteiger partial charge < -0.3 is 10.1 Å². The van der Waals surface area contributed by atoms with Crippen LogP contribution in [0, 0.1) is 0 Å². The topological polar surface area (TPSA) is 58.6 Å². The molecule has 5 heteroatoms. The minimum absolute atomic E-state index is 0.0795. The van der Waals surface area contributed by atoms with Crippen LogP contribution in [0.3, 0.4) is 0 Å². The number of nitrogens with one attached hydrogen (secondary N) is 1. The molecule has 0 heterocycles. The number of methoxy groups -OCH3 is 1. The van der Waals surface area contributed by atoms with Crippen molar-refractivity contribution in [2.75, 3.05) is 23.9 Å². The van der Waals surface area contributed by atoms with Crippen molar-refractivity contribution in [3.05, 3.63) is 59.2 Å². The molecule has 2 aromatic rings. The van der Waals surface area contributed by atoms with Crippen LogP contribution in [0.15, 0.2) is 42.5 Å². The first-order chi connectivity index (χ1) is 15.6. The number of benzene rings is 2. The van der Waals surface area contributed by atoms with Crippen molar-refractivity contribution in [2.45, 2.75) is 77.6 Å². The fourth-order valence-corrected chi connectivity index (χ4v) is 4.62. The summed E-state index contributed by atoms with van der Waals surface area (Å²) in [4.78, 5) is 26.9. The Bertz CT molecular complexity index is 993. The van der Waals surface area contributed by atoms with Gasteiger partial charge in [-0.1, -0.05) is 53.5 Å². The van der Waals surface area contributed by atoms with Crippen molar-refractivity contribution in [3.8, 4) is 0 Å². The first-order valence-electron chi connectivity index (χ1n) is 12.0. The predicted octanol–water partition coefficient (Wildman–Crippen LogP) is 7.05. The van der Waals surface area contributed by atoms with Gasteiger partial charge in [-0.15, -0.1) is 0 Å². The summed E-state index contributed by atoms with van der Waals surface area (Å²) in [7, 11) is 1.36. The fraction of sp³-hybridized carbons (Fsp3) is 0.500. The SMILES string of the molecule is CCCCCN(C(=O)Nc1ccc2c(c1)C(C)(C)CCC2(C)C)c1ccc(C(=O)OC)cc1. The molecule has 3 rings (SSSR count). The molecule has 178 valence electrons. The zero-order chi connectivity index (χ0) is 24.2. The largest absolute Gasteiger partial charge is 0.465 e. The second-order valence-corrected chi connectivity index (χ2v) is 10.4. The molecule has 0 aromatic heterocycles. The van der Waals surface area contributed by atoms with Crippen LogP contribution in [0.1, 0.15) is 88.2 Å². The van der Waals surface area contributed by atoms with Crippen LogP contribution in [-0.4, -0.2) is 25.7 Å². The van der Waals surface area contributed by atoms with Crippen molar-refractivity contribution in [2.24, 2.45) is 0 Å². The number of ether oxygens (including phenoxy) is 1. The molecule has 0 bridgehead atoms. The van der Waals surface area contributed by atoms with Crippen LogP contribution in [0.5, 0.6) is 0 Å². The van der Waals surface area contributed by atoms with Crippen LogP contribution in [-0.2, 0) is 15.6 Å². The third-order valence-electron chi connectivity index (χ3n) is 6.93. The monoisotopic (exact) mass is 450 g/mol. The minimum Gasteiger partial charge on any atom is -0.465 e. The zero-order valence-corrected chi connectivity index (χ0v) is 21.0. The Morgan fingerprint density at radius 1 is 0.939 bits per heavy atom. The average molecular weight is 451 g/mol. The molecule has 2 amide bonds. The molecule has 1 aliphatic carbocycles. The number of hydrogen-bond acceptors (Lipinski definition) is 3. The Hall–Kier alpha value is -2.82. The molecule has 33 heavy (non-hydrogen) atoms. The lowest BCUT2D eigenvalue weighted by molar-refractivity contribution is 0.0600. The summed E-state index contributed by atoms with van der Waals surface area (Å²) >= 11 is 0. The number of urea groups is 1. The molecular weight excluding hydrogens is 412 g/mol. The van der Waals surface area contributed by atoms with Crippen molar-refractivity contribution < 1.29 is 14.3 Å². The van der Waals surface area contributed by atoms with E-state index in [-0.39, 0.29) is 22.8 Å². The molecule has 2 aromatic carbocycles. The van der Waals surface area contributed by atoms with Gasteiger partial charge in [0.2, 0.25) is 0 Å². The number of carbonyl (C=O) groups excluding carboxylic acids is 2. The van der Waals surface area contributed by atoms with Crippen LogP contribution >= 0.6 is 0 Å². The number of rotatable bonds is 7. The van der Waals surface area contributed by atoms with E-state index < -0.39 is 0 Å². The average Bonchev–Trinajstić information content (AvgIpc) is 2.79. The number of carbonyl (C=O) groups is 2. The van der Waals surface area contributed by atoms with Gasteiger partial charge in [0.25, 0.3) is 0 Å². The van der Waals surface area contributed by atoms with Gasteiger partial charge in [0, 0.05) is 17.9 Å². The minimum atomic E-state index is -0.386. The van der Waals surface area contributed by atoms with Crippen molar-refractivity contribution >= 4 is 23.4 Å². The Balaban J connectivity index is 1.86. The van der Waals surface area contributed by atoms with Gasteiger partial charge >= 0.3 is 12.0 Å². The summed E-state index contributed by atoms with van der Waals surface area (Å²) < 4.78 is 4.79. The molecule has 1 N–H and O–H groups in total. The van der Waals surface area contributed by atoms with Crippen molar-refractivity contribution in [1.82, 2.24) is 0 Å². The van der Waals surface area contributed by atoms with E-state index in [1.54, 1.807) is 29.2 Å². The number of anilines is 2. The van der Waals surface area contributed by atoms with Crippen molar-refractivity contribution in [1.29, 1.82) is 0 Å². The maximum Gasteiger partial charge on any atom is 0.337 e. The van der Waals surface area contributed by atoms with E-state index in [1.807, 2.05) is 6.07 Å². The lowest BCUT2D eigenvalue weighted by atomic mass is 9.63. The van der Waals surface area contributed by atoms with E-state index in [9.17, 15) is 9.59 Å². The van der Waals surface area contributed by atoms with Crippen molar-refractivity contribution in [3.63, 3.8) is 0 Å². The summed E-state index contributed by atoms with van der Waals surface area (Å²) in [6.45, 7) is 11.9. The van der Waals surface area contributed by atoms with Crippen LogP contribution in [0.2, 0.25) is 0 Å². The molecule has 1 aliphatic rings. The first kappa shape index (κ1) is 24.8. The number of esters is 1. The smallest absolute Gasteiger partial charge is 0.337 e. The molecule has 5 nitrogen and oxygen atoms in total. The van der Waals surface area contributed by atoms with Gasteiger partial charge in [-0.05, 0) is 77.6 Å². The molecule has 0 saturated heterocycles. The number of hydrogen-bond donors (Lipinski definition) is 1. The predicted molar refractivity (Wildman–Crippen MR) is 135 cm³/mol. The lowest BCUT2D eigenvalue weighted by Gasteiger charge is -2.42. The highest BCUT2D eigenvalue weighted by molar-refractivity contribution is 6.02. The second-order valence-electron chi connectivity index (χ2n) is 10.4.